The first-order valence-corrected chi connectivity index (χ1v) is 6.97. The maximum absolute atomic E-state index is 9.14. The average molecular weight is 260 g/mol. The minimum absolute atomic E-state index is 0.340. The van der Waals surface area contributed by atoms with Crippen LogP contribution in [0.15, 0.2) is 24.8 Å². The molecule has 3 rings (SSSR count). The van der Waals surface area contributed by atoms with Crippen LogP contribution in [0.25, 0.3) is 5.65 Å². The fourth-order valence-corrected chi connectivity index (χ4v) is 2.82. The van der Waals surface area contributed by atoms with Crippen LogP contribution in [-0.2, 0) is 6.54 Å². The first-order valence-electron chi connectivity index (χ1n) is 6.97. The Kier molecular flexibility index (Phi) is 3.75. The van der Waals surface area contributed by atoms with Crippen LogP contribution in [-0.4, -0.2) is 32.1 Å². The lowest BCUT2D eigenvalue weighted by atomic mass is 9.86. The standard InChI is InChI=1S/C14H20N4O/c19-10-11-1-3-12(4-2-11)16-7-13-8-17-14-9-15-5-6-18(13)14/h5-6,8-9,11-12,16,19H,1-4,7,10H2. The molecule has 2 aromatic heterocycles. The highest BCUT2D eigenvalue weighted by molar-refractivity contribution is 5.36. The normalized spacial score (nSPS) is 23.8. The SMILES string of the molecule is OCC1CCC(NCc2cnc3cnccn23)CC1. The molecule has 1 aliphatic carbocycles. The number of nitrogens with zero attached hydrogens (tertiary/aromatic N) is 3. The Morgan fingerprint density at radius 3 is 2.89 bits per heavy atom. The molecule has 0 amide bonds. The molecule has 5 heteroatoms. The molecule has 0 radical (unpaired) electrons. The van der Waals surface area contributed by atoms with Gasteiger partial charge in [-0.2, -0.15) is 0 Å². The molecular formula is C14H20N4O. The number of aliphatic hydroxyl groups excluding tert-OH is 1. The van der Waals surface area contributed by atoms with E-state index in [2.05, 4.69) is 19.7 Å². The van der Waals surface area contributed by atoms with E-state index in [1.54, 1.807) is 12.4 Å². The number of fused-ring (bicyclic) bond motifs is 1. The molecule has 0 aliphatic heterocycles. The summed E-state index contributed by atoms with van der Waals surface area (Å²) in [6, 6.07) is 0.565. The quantitative estimate of drug-likeness (QED) is 0.871. The van der Waals surface area contributed by atoms with Gasteiger partial charge >= 0.3 is 0 Å². The summed E-state index contributed by atoms with van der Waals surface area (Å²) in [4.78, 5) is 8.40. The lowest BCUT2D eigenvalue weighted by Gasteiger charge is -2.28. The Hall–Kier alpha value is -1.46. The van der Waals surface area contributed by atoms with Gasteiger partial charge in [-0.05, 0) is 31.6 Å². The van der Waals surface area contributed by atoms with Crippen molar-refractivity contribution in [1.82, 2.24) is 19.7 Å². The molecule has 102 valence electrons. The molecule has 1 aliphatic rings. The van der Waals surface area contributed by atoms with Gasteiger partial charge in [-0.15, -0.1) is 0 Å². The Morgan fingerprint density at radius 2 is 2.11 bits per heavy atom. The van der Waals surface area contributed by atoms with E-state index >= 15 is 0 Å². The lowest BCUT2D eigenvalue weighted by molar-refractivity contribution is 0.175. The molecule has 0 unspecified atom stereocenters. The summed E-state index contributed by atoms with van der Waals surface area (Å²) in [5.74, 6) is 0.514. The average Bonchev–Trinajstić information content (AvgIpc) is 2.89. The van der Waals surface area contributed by atoms with Crippen LogP contribution >= 0.6 is 0 Å². The fourth-order valence-electron chi connectivity index (χ4n) is 2.82. The monoisotopic (exact) mass is 260 g/mol. The maximum atomic E-state index is 9.14. The van der Waals surface area contributed by atoms with E-state index in [0.717, 1.165) is 37.9 Å². The lowest BCUT2D eigenvalue weighted by Crippen LogP contribution is -2.33. The van der Waals surface area contributed by atoms with Crippen molar-refractivity contribution in [2.45, 2.75) is 38.3 Å². The van der Waals surface area contributed by atoms with Crippen LogP contribution < -0.4 is 5.32 Å². The van der Waals surface area contributed by atoms with Gasteiger partial charge < -0.3 is 10.4 Å². The van der Waals surface area contributed by atoms with Gasteiger partial charge in [0, 0.05) is 31.6 Å². The smallest absolute Gasteiger partial charge is 0.155 e. The van der Waals surface area contributed by atoms with Gasteiger partial charge in [0.25, 0.3) is 0 Å². The topological polar surface area (TPSA) is 62.5 Å². The van der Waals surface area contributed by atoms with Gasteiger partial charge in [-0.3, -0.25) is 9.38 Å². The summed E-state index contributed by atoms with van der Waals surface area (Å²) in [6.07, 6.45) is 12.0. The Labute approximate surface area is 112 Å². The van der Waals surface area contributed by atoms with Crippen molar-refractivity contribution in [1.29, 1.82) is 0 Å². The molecule has 1 saturated carbocycles. The minimum atomic E-state index is 0.340. The number of hydrogen-bond acceptors (Lipinski definition) is 4. The fraction of sp³-hybridized carbons (Fsp3) is 0.571. The minimum Gasteiger partial charge on any atom is -0.396 e. The molecule has 0 spiro atoms. The van der Waals surface area contributed by atoms with E-state index in [0.29, 0.717) is 18.6 Å². The third-order valence-corrected chi connectivity index (χ3v) is 4.07. The van der Waals surface area contributed by atoms with E-state index in [-0.39, 0.29) is 0 Å². The number of nitrogens with one attached hydrogen (secondary N) is 1. The van der Waals surface area contributed by atoms with Crippen LogP contribution in [0.5, 0.6) is 0 Å². The summed E-state index contributed by atoms with van der Waals surface area (Å²) < 4.78 is 2.07. The molecule has 0 aromatic carbocycles. The van der Waals surface area contributed by atoms with Crippen molar-refractivity contribution in [2.75, 3.05) is 6.61 Å². The predicted octanol–water partition coefficient (Wildman–Crippen LogP) is 1.37. The second-order valence-electron chi connectivity index (χ2n) is 5.34. The Balaban J connectivity index is 1.58. The molecule has 0 atom stereocenters. The number of hydrogen-bond donors (Lipinski definition) is 2. The van der Waals surface area contributed by atoms with Gasteiger partial charge in [0.15, 0.2) is 5.65 Å². The van der Waals surface area contributed by atoms with Crippen LogP contribution in [0.1, 0.15) is 31.4 Å². The number of aliphatic hydroxyl groups is 1. The second-order valence-corrected chi connectivity index (χ2v) is 5.34. The summed E-state index contributed by atoms with van der Waals surface area (Å²) in [7, 11) is 0. The highest BCUT2D eigenvalue weighted by Gasteiger charge is 2.20. The third kappa shape index (κ3) is 2.77. The Bertz CT molecular complexity index is 531. The molecule has 2 aromatic rings. The van der Waals surface area contributed by atoms with E-state index in [4.69, 9.17) is 5.11 Å². The molecular weight excluding hydrogens is 240 g/mol. The summed E-state index contributed by atoms with van der Waals surface area (Å²) >= 11 is 0. The zero-order valence-corrected chi connectivity index (χ0v) is 11.0. The zero-order chi connectivity index (χ0) is 13.1. The first kappa shape index (κ1) is 12.6. The van der Waals surface area contributed by atoms with E-state index < -0.39 is 0 Å². The largest absolute Gasteiger partial charge is 0.396 e. The predicted molar refractivity (Wildman–Crippen MR) is 72.7 cm³/mol. The third-order valence-electron chi connectivity index (χ3n) is 4.07. The molecule has 2 N–H and O–H groups in total. The van der Waals surface area contributed by atoms with Crippen molar-refractivity contribution in [3.05, 3.63) is 30.5 Å². The Morgan fingerprint density at radius 1 is 1.26 bits per heavy atom. The van der Waals surface area contributed by atoms with Crippen molar-refractivity contribution >= 4 is 5.65 Å². The van der Waals surface area contributed by atoms with Crippen LogP contribution in [0.2, 0.25) is 0 Å². The van der Waals surface area contributed by atoms with Gasteiger partial charge in [0.2, 0.25) is 0 Å². The van der Waals surface area contributed by atoms with E-state index in [1.165, 1.54) is 5.69 Å². The number of rotatable bonds is 4. The van der Waals surface area contributed by atoms with Crippen molar-refractivity contribution in [2.24, 2.45) is 5.92 Å². The molecule has 2 heterocycles. The van der Waals surface area contributed by atoms with Gasteiger partial charge in [0.1, 0.15) is 0 Å². The first-order chi connectivity index (χ1) is 9.36. The van der Waals surface area contributed by atoms with Gasteiger partial charge in [0.05, 0.1) is 18.1 Å². The van der Waals surface area contributed by atoms with Gasteiger partial charge in [-0.25, -0.2) is 4.98 Å². The summed E-state index contributed by atoms with van der Waals surface area (Å²) in [6.45, 7) is 1.17. The second kappa shape index (κ2) is 5.67. The highest BCUT2D eigenvalue weighted by Crippen LogP contribution is 2.23. The van der Waals surface area contributed by atoms with Gasteiger partial charge in [-0.1, -0.05) is 0 Å². The number of aromatic nitrogens is 3. The van der Waals surface area contributed by atoms with E-state index in [1.807, 2.05) is 12.4 Å². The summed E-state index contributed by atoms with van der Waals surface area (Å²) in [5, 5.41) is 12.7. The maximum Gasteiger partial charge on any atom is 0.155 e. The zero-order valence-electron chi connectivity index (χ0n) is 11.0. The molecule has 0 saturated heterocycles. The molecule has 0 bridgehead atoms. The van der Waals surface area contributed by atoms with Crippen LogP contribution in [0.3, 0.4) is 0 Å². The van der Waals surface area contributed by atoms with Crippen LogP contribution in [0.4, 0.5) is 0 Å². The van der Waals surface area contributed by atoms with Crippen LogP contribution in [0, 0.1) is 5.92 Å². The molecule has 5 nitrogen and oxygen atoms in total. The number of imidazole rings is 1. The van der Waals surface area contributed by atoms with Crippen molar-refractivity contribution in [3.63, 3.8) is 0 Å². The van der Waals surface area contributed by atoms with Crippen molar-refractivity contribution in [3.8, 4) is 0 Å². The molecule has 1 fully saturated rings. The molecule has 19 heavy (non-hydrogen) atoms. The highest BCUT2D eigenvalue weighted by atomic mass is 16.3. The van der Waals surface area contributed by atoms with Crippen molar-refractivity contribution < 1.29 is 5.11 Å². The van der Waals surface area contributed by atoms with E-state index in [9.17, 15) is 0 Å². The summed E-state index contributed by atoms with van der Waals surface area (Å²) in [5.41, 5.74) is 2.06.